The van der Waals surface area contributed by atoms with Crippen LogP contribution in [-0.2, 0) is 16.4 Å². The number of hydrogen-bond donors (Lipinski definition) is 2. The summed E-state index contributed by atoms with van der Waals surface area (Å²) >= 11 is 0. The molecule has 1 saturated heterocycles. The Morgan fingerprint density at radius 3 is 2.62 bits per heavy atom. The van der Waals surface area contributed by atoms with Gasteiger partial charge in [-0.3, -0.25) is 4.72 Å². The van der Waals surface area contributed by atoms with Crippen LogP contribution in [0.1, 0.15) is 37.7 Å². The zero-order valence-corrected chi connectivity index (χ0v) is 17.7. The van der Waals surface area contributed by atoms with Gasteiger partial charge in [-0.2, -0.15) is 0 Å². The number of piperidine rings is 1. The quantitative estimate of drug-likeness (QED) is 0.544. The number of hydrogen-bond acceptors (Lipinski definition) is 4. The molecule has 1 aliphatic rings. The minimum absolute atomic E-state index is 0.0343. The molecule has 1 radical (unpaired) electrons. The van der Waals surface area contributed by atoms with Crippen LogP contribution in [0.4, 0.5) is 5.69 Å². The maximum absolute atomic E-state index is 12.4. The minimum Gasteiger partial charge on any atom is -0.493 e. The van der Waals surface area contributed by atoms with Gasteiger partial charge in [0, 0.05) is 0 Å². The van der Waals surface area contributed by atoms with E-state index in [9.17, 15) is 8.42 Å². The van der Waals surface area contributed by atoms with Crippen LogP contribution in [0.3, 0.4) is 0 Å². The fourth-order valence-electron chi connectivity index (χ4n) is 3.59. The lowest BCUT2D eigenvalue weighted by molar-refractivity contribution is 0.287. The predicted octanol–water partition coefficient (Wildman–Crippen LogP) is 4.02. The molecule has 157 valence electrons. The Balaban J connectivity index is 1.40. The van der Waals surface area contributed by atoms with Gasteiger partial charge in [0.2, 0.25) is 10.0 Å². The van der Waals surface area contributed by atoms with Crippen LogP contribution in [0.2, 0.25) is 0 Å². The molecular formula is C23H31N2O3S. The smallest absolute Gasteiger partial charge is 0.233 e. The lowest BCUT2D eigenvalue weighted by atomic mass is 9.93. The first-order valence-corrected chi connectivity index (χ1v) is 12.2. The van der Waals surface area contributed by atoms with Crippen molar-refractivity contribution in [2.24, 2.45) is 5.92 Å². The molecule has 0 aromatic heterocycles. The van der Waals surface area contributed by atoms with E-state index in [1.165, 1.54) is 19.3 Å². The highest BCUT2D eigenvalue weighted by Gasteiger charge is 2.13. The van der Waals surface area contributed by atoms with Crippen molar-refractivity contribution in [2.75, 3.05) is 30.2 Å². The van der Waals surface area contributed by atoms with Crippen molar-refractivity contribution in [3.8, 4) is 5.75 Å². The summed E-state index contributed by atoms with van der Waals surface area (Å²) in [6.07, 6.45) is 6.46. The standard InChI is InChI=1S/C23H31N2O3S/c26-29(27,18-14-20-7-2-1-3-8-20)25-22-10-6-11-23(19-22)28-17-5-4-9-21-12-15-24-16-13-21/h1-3,6-8,10-11,21,24-25H,4-5,9,12-18H2. The van der Waals surface area contributed by atoms with Crippen molar-refractivity contribution in [3.63, 3.8) is 0 Å². The molecule has 0 aliphatic carbocycles. The molecule has 0 amide bonds. The first-order valence-electron chi connectivity index (χ1n) is 10.5. The second kappa shape index (κ2) is 11.2. The van der Waals surface area contributed by atoms with Crippen LogP contribution in [0, 0.1) is 12.0 Å². The molecule has 2 aromatic carbocycles. The number of aryl methyl sites for hydroxylation is 1. The van der Waals surface area contributed by atoms with E-state index < -0.39 is 10.0 Å². The van der Waals surface area contributed by atoms with E-state index in [1.54, 1.807) is 12.1 Å². The van der Waals surface area contributed by atoms with Gasteiger partial charge in [-0.1, -0.05) is 42.8 Å². The molecule has 1 aliphatic heterocycles. The largest absolute Gasteiger partial charge is 0.493 e. The molecule has 2 aromatic rings. The monoisotopic (exact) mass is 415 g/mol. The lowest BCUT2D eigenvalue weighted by Gasteiger charge is -2.22. The maximum Gasteiger partial charge on any atom is 0.233 e. The fourth-order valence-corrected chi connectivity index (χ4v) is 4.66. The van der Waals surface area contributed by atoms with Crippen molar-refractivity contribution in [1.29, 1.82) is 0 Å². The number of rotatable bonds is 11. The van der Waals surface area contributed by atoms with Gasteiger partial charge in [0.25, 0.3) is 0 Å². The van der Waals surface area contributed by atoms with E-state index in [-0.39, 0.29) is 5.75 Å². The third-order valence-electron chi connectivity index (χ3n) is 5.26. The van der Waals surface area contributed by atoms with Gasteiger partial charge in [0.1, 0.15) is 5.75 Å². The number of benzene rings is 2. The number of unbranched alkanes of at least 4 members (excludes halogenated alkanes) is 1. The Hall–Kier alpha value is -2.05. The summed E-state index contributed by atoms with van der Waals surface area (Å²) in [6.45, 7) is 2.92. The third kappa shape index (κ3) is 8.07. The first-order chi connectivity index (χ1) is 14.1. The maximum atomic E-state index is 12.4. The second-order valence-electron chi connectivity index (χ2n) is 7.62. The molecule has 1 heterocycles. The van der Waals surface area contributed by atoms with Gasteiger partial charge in [-0.05, 0) is 68.8 Å². The van der Waals surface area contributed by atoms with Crippen LogP contribution in [-0.4, -0.2) is 33.9 Å². The van der Waals surface area contributed by atoms with Crippen LogP contribution >= 0.6 is 0 Å². The van der Waals surface area contributed by atoms with Crippen molar-refractivity contribution in [3.05, 3.63) is 60.2 Å². The van der Waals surface area contributed by atoms with Crippen LogP contribution < -0.4 is 14.8 Å². The van der Waals surface area contributed by atoms with Gasteiger partial charge in [0.15, 0.2) is 0 Å². The zero-order valence-electron chi connectivity index (χ0n) is 16.9. The van der Waals surface area contributed by atoms with Crippen LogP contribution in [0.5, 0.6) is 5.75 Å². The van der Waals surface area contributed by atoms with Crippen molar-refractivity contribution in [1.82, 2.24) is 5.32 Å². The second-order valence-corrected chi connectivity index (χ2v) is 9.46. The average molecular weight is 416 g/mol. The molecule has 29 heavy (non-hydrogen) atoms. The summed E-state index contributed by atoms with van der Waals surface area (Å²) < 4.78 is 33.1. The molecular weight excluding hydrogens is 384 g/mol. The van der Waals surface area contributed by atoms with E-state index in [2.05, 4.69) is 16.1 Å². The summed E-state index contributed by atoms with van der Waals surface area (Å²) in [6, 6.07) is 17.9. The van der Waals surface area contributed by atoms with Gasteiger partial charge in [0.05, 0.1) is 24.1 Å². The van der Waals surface area contributed by atoms with E-state index >= 15 is 0 Å². The Kier molecular flexibility index (Phi) is 8.38. The van der Waals surface area contributed by atoms with E-state index in [4.69, 9.17) is 4.74 Å². The molecule has 0 spiro atoms. The third-order valence-corrected chi connectivity index (χ3v) is 6.53. The van der Waals surface area contributed by atoms with Gasteiger partial charge in [-0.15, -0.1) is 0 Å². The number of nitrogens with one attached hydrogen (secondary N) is 2. The summed E-state index contributed by atoms with van der Waals surface area (Å²) in [5.74, 6) is 1.46. The number of ether oxygens (including phenoxy) is 1. The fraction of sp³-hybridized carbons (Fsp3) is 0.478. The molecule has 5 nitrogen and oxygen atoms in total. The summed E-state index contributed by atoms with van der Waals surface area (Å²) in [7, 11) is -3.43. The highest BCUT2D eigenvalue weighted by molar-refractivity contribution is 7.92. The van der Waals surface area contributed by atoms with Crippen LogP contribution in [0.25, 0.3) is 0 Å². The zero-order chi connectivity index (χ0) is 20.4. The molecule has 0 saturated carbocycles. The molecule has 2 N–H and O–H groups in total. The highest BCUT2D eigenvalue weighted by Crippen LogP contribution is 2.20. The normalized spacial score (nSPS) is 15.2. The predicted molar refractivity (Wildman–Crippen MR) is 118 cm³/mol. The summed E-state index contributed by atoms with van der Waals surface area (Å²) in [4.78, 5) is 0. The van der Waals surface area contributed by atoms with E-state index in [0.29, 0.717) is 24.5 Å². The van der Waals surface area contributed by atoms with Gasteiger partial charge < -0.3 is 10.1 Å². The van der Waals surface area contributed by atoms with E-state index in [0.717, 1.165) is 37.4 Å². The topological polar surface area (TPSA) is 67.4 Å². The Morgan fingerprint density at radius 1 is 1.03 bits per heavy atom. The first kappa shape index (κ1) is 21.7. The highest BCUT2D eigenvalue weighted by atomic mass is 32.2. The number of sulfonamides is 1. The molecule has 3 rings (SSSR count). The van der Waals surface area contributed by atoms with E-state index in [1.807, 2.05) is 36.4 Å². The van der Waals surface area contributed by atoms with Gasteiger partial charge in [-0.25, -0.2) is 8.42 Å². The lowest BCUT2D eigenvalue weighted by Crippen LogP contribution is -2.27. The Bertz CT molecular complexity index is 834. The minimum atomic E-state index is -3.43. The summed E-state index contributed by atoms with van der Waals surface area (Å²) in [5.41, 5.74) is 1.42. The van der Waals surface area contributed by atoms with Crippen molar-refractivity contribution >= 4 is 15.7 Å². The molecule has 0 bridgehead atoms. The molecule has 1 fully saturated rings. The van der Waals surface area contributed by atoms with Crippen LogP contribution in [0.15, 0.2) is 48.5 Å². The van der Waals surface area contributed by atoms with Crippen molar-refractivity contribution < 1.29 is 13.2 Å². The molecule has 6 heteroatoms. The Labute approximate surface area is 174 Å². The molecule has 0 atom stereocenters. The molecule has 0 unspecified atom stereocenters. The SMILES string of the molecule is O=S(=O)(CCc1ccccc1)Nc1[c]c(OCCCCC2CCNCC2)ccc1. The van der Waals surface area contributed by atoms with Gasteiger partial charge >= 0.3 is 0 Å². The summed E-state index contributed by atoms with van der Waals surface area (Å²) in [5, 5.41) is 3.40. The van der Waals surface area contributed by atoms with Crippen molar-refractivity contribution in [2.45, 2.75) is 38.5 Å². The average Bonchev–Trinajstić information content (AvgIpc) is 2.74. The Morgan fingerprint density at radius 2 is 1.83 bits per heavy atom. The number of anilines is 1.